The van der Waals surface area contributed by atoms with E-state index in [-0.39, 0.29) is 0 Å². The molecule has 0 aliphatic carbocycles. The SMILES string of the molecule is c1ccc2cc(-c3cnc4c(ccc5cc(-c6ccc7ccccc7c6)cnc54)c3)ccc2c1. The first-order valence-electron chi connectivity index (χ1n) is 11.5. The highest BCUT2D eigenvalue weighted by atomic mass is 14.7. The maximum Gasteiger partial charge on any atom is 0.0965 e. The normalized spacial score (nSPS) is 11.5. The third-order valence-electron chi connectivity index (χ3n) is 6.67. The predicted octanol–water partition coefficient (Wildman–Crippen LogP) is 8.42. The molecule has 2 heteroatoms. The van der Waals surface area contributed by atoms with Crippen LogP contribution in [0.3, 0.4) is 0 Å². The standard InChI is InChI=1S/C32H20N2/c1-3-7-23-15-25(11-9-21(23)5-1)29-17-27-13-14-28-18-30(20-34-32(28)31(27)33-19-29)26-12-10-22-6-2-4-8-24(22)16-26/h1-20H. The Morgan fingerprint density at radius 3 is 1.18 bits per heavy atom. The van der Waals surface area contributed by atoms with E-state index in [1.54, 1.807) is 0 Å². The van der Waals surface area contributed by atoms with E-state index >= 15 is 0 Å². The Labute approximate surface area is 197 Å². The van der Waals surface area contributed by atoms with Crippen molar-refractivity contribution in [1.29, 1.82) is 0 Å². The average molecular weight is 433 g/mol. The van der Waals surface area contributed by atoms with Gasteiger partial charge < -0.3 is 0 Å². The summed E-state index contributed by atoms with van der Waals surface area (Å²) in [6.45, 7) is 0. The molecule has 0 aliphatic rings. The Balaban J connectivity index is 1.32. The van der Waals surface area contributed by atoms with Crippen molar-refractivity contribution in [3.05, 3.63) is 122 Å². The van der Waals surface area contributed by atoms with Gasteiger partial charge in [0.25, 0.3) is 0 Å². The van der Waals surface area contributed by atoms with E-state index in [2.05, 4.69) is 109 Å². The zero-order valence-electron chi connectivity index (χ0n) is 18.4. The van der Waals surface area contributed by atoms with E-state index in [4.69, 9.17) is 9.97 Å². The van der Waals surface area contributed by atoms with Crippen LogP contribution >= 0.6 is 0 Å². The summed E-state index contributed by atoms with van der Waals surface area (Å²) in [7, 11) is 0. The van der Waals surface area contributed by atoms with E-state index in [1.165, 1.54) is 32.7 Å². The molecular weight excluding hydrogens is 412 g/mol. The second kappa shape index (κ2) is 7.50. The maximum atomic E-state index is 4.85. The lowest BCUT2D eigenvalue weighted by Crippen LogP contribution is -1.89. The van der Waals surface area contributed by atoms with Crippen molar-refractivity contribution in [2.45, 2.75) is 0 Å². The number of fused-ring (bicyclic) bond motifs is 5. The van der Waals surface area contributed by atoms with Crippen LogP contribution in [0, 0.1) is 0 Å². The molecule has 0 fully saturated rings. The molecule has 158 valence electrons. The molecule has 0 aliphatic heterocycles. The molecule has 0 saturated heterocycles. The van der Waals surface area contributed by atoms with Crippen molar-refractivity contribution in [2.75, 3.05) is 0 Å². The van der Waals surface area contributed by atoms with Gasteiger partial charge in [0.05, 0.1) is 11.0 Å². The Morgan fingerprint density at radius 1 is 0.324 bits per heavy atom. The first-order chi connectivity index (χ1) is 16.8. The fourth-order valence-electron chi connectivity index (χ4n) is 4.85. The molecule has 0 bridgehead atoms. The molecular formula is C32H20N2. The Kier molecular flexibility index (Phi) is 4.18. The molecule has 7 rings (SSSR count). The van der Waals surface area contributed by atoms with Gasteiger partial charge in [-0.3, -0.25) is 9.97 Å². The molecule has 0 spiro atoms. The largest absolute Gasteiger partial charge is 0.253 e. The van der Waals surface area contributed by atoms with Crippen LogP contribution in [0.2, 0.25) is 0 Å². The van der Waals surface area contributed by atoms with E-state index < -0.39 is 0 Å². The summed E-state index contributed by atoms with van der Waals surface area (Å²) in [6.07, 6.45) is 3.93. The van der Waals surface area contributed by atoms with Crippen LogP contribution in [0.25, 0.3) is 65.6 Å². The third-order valence-corrected chi connectivity index (χ3v) is 6.67. The smallest absolute Gasteiger partial charge is 0.0965 e. The third kappa shape index (κ3) is 3.12. The van der Waals surface area contributed by atoms with Gasteiger partial charge in [-0.25, -0.2) is 0 Å². The molecule has 0 N–H and O–H groups in total. The fourth-order valence-corrected chi connectivity index (χ4v) is 4.85. The molecule has 7 aromatic rings. The van der Waals surface area contributed by atoms with Gasteiger partial charge in [-0.15, -0.1) is 0 Å². The first kappa shape index (κ1) is 19.0. The Bertz CT molecular complexity index is 1730. The number of pyridine rings is 2. The minimum atomic E-state index is 0.937. The molecule has 2 aromatic heterocycles. The molecule has 0 amide bonds. The van der Waals surface area contributed by atoms with Crippen molar-refractivity contribution in [3.8, 4) is 22.3 Å². The molecule has 5 aromatic carbocycles. The summed E-state index contributed by atoms with van der Waals surface area (Å²) in [5.41, 5.74) is 6.45. The first-order valence-corrected chi connectivity index (χ1v) is 11.5. The monoisotopic (exact) mass is 432 g/mol. The predicted molar refractivity (Wildman–Crippen MR) is 143 cm³/mol. The topological polar surface area (TPSA) is 25.8 Å². The maximum absolute atomic E-state index is 4.85. The summed E-state index contributed by atoms with van der Waals surface area (Å²) in [4.78, 5) is 9.69. The number of nitrogens with zero attached hydrogens (tertiary/aromatic N) is 2. The Hall–Kier alpha value is -4.56. The van der Waals surface area contributed by atoms with Crippen molar-refractivity contribution < 1.29 is 0 Å². The van der Waals surface area contributed by atoms with Crippen molar-refractivity contribution >= 4 is 43.4 Å². The molecule has 2 nitrogen and oxygen atoms in total. The quantitative estimate of drug-likeness (QED) is 0.256. The van der Waals surface area contributed by atoms with Crippen LogP contribution in [-0.4, -0.2) is 9.97 Å². The second-order valence-corrected chi connectivity index (χ2v) is 8.78. The lowest BCUT2D eigenvalue weighted by Gasteiger charge is -2.09. The van der Waals surface area contributed by atoms with Crippen molar-refractivity contribution in [3.63, 3.8) is 0 Å². The molecule has 0 radical (unpaired) electrons. The molecule has 0 unspecified atom stereocenters. The lowest BCUT2D eigenvalue weighted by molar-refractivity contribution is 1.37. The van der Waals surface area contributed by atoms with E-state index in [0.29, 0.717) is 0 Å². The van der Waals surface area contributed by atoms with E-state index in [1.807, 2.05) is 12.4 Å². The summed E-state index contributed by atoms with van der Waals surface area (Å²) < 4.78 is 0. The van der Waals surface area contributed by atoms with Crippen molar-refractivity contribution in [1.82, 2.24) is 9.97 Å². The van der Waals surface area contributed by atoms with Crippen LogP contribution in [0.5, 0.6) is 0 Å². The van der Waals surface area contributed by atoms with Crippen LogP contribution in [0.15, 0.2) is 122 Å². The van der Waals surface area contributed by atoms with Crippen LogP contribution < -0.4 is 0 Å². The highest BCUT2D eigenvalue weighted by Gasteiger charge is 2.09. The number of aromatic nitrogens is 2. The van der Waals surface area contributed by atoms with Crippen LogP contribution in [0.1, 0.15) is 0 Å². The number of hydrogen-bond acceptors (Lipinski definition) is 2. The lowest BCUT2D eigenvalue weighted by atomic mass is 9.99. The van der Waals surface area contributed by atoms with E-state index in [0.717, 1.165) is 32.9 Å². The molecule has 0 atom stereocenters. The highest BCUT2D eigenvalue weighted by Crippen LogP contribution is 2.31. The Morgan fingerprint density at radius 2 is 0.706 bits per heavy atom. The summed E-state index contributed by atoms with van der Waals surface area (Å²) in [5, 5.41) is 7.17. The van der Waals surface area contributed by atoms with Gasteiger partial charge >= 0.3 is 0 Å². The zero-order chi connectivity index (χ0) is 22.5. The highest BCUT2D eigenvalue weighted by molar-refractivity contribution is 6.05. The number of hydrogen-bond donors (Lipinski definition) is 0. The molecule has 0 saturated carbocycles. The van der Waals surface area contributed by atoms with Crippen molar-refractivity contribution in [2.24, 2.45) is 0 Å². The summed E-state index contributed by atoms with van der Waals surface area (Å²) >= 11 is 0. The molecule has 34 heavy (non-hydrogen) atoms. The van der Waals surface area contributed by atoms with Gasteiger partial charge in [0.1, 0.15) is 0 Å². The number of benzene rings is 5. The van der Waals surface area contributed by atoms with Gasteiger partial charge in [-0.05, 0) is 56.9 Å². The van der Waals surface area contributed by atoms with Gasteiger partial charge in [0.2, 0.25) is 0 Å². The summed E-state index contributed by atoms with van der Waals surface area (Å²) in [6, 6.07) is 38.8. The average Bonchev–Trinajstić information content (AvgIpc) is 2.91. The van der Waals surface area contributed by atoms with Crippen LogP contribution in [0.4, 0.5) is 0 Å². The molecule has 2 heterocycles. The van der Waals surface area contributed by atoms with Crippen LogP contribution in [-0.2, 0) is 0 Å². The van der Waals surface area contributed by atoms with Gasteiger partial charge in [0, 0.05) is 34.3 Å². The van der Waals surface area contributed by atoms with Gasteiger partial charge in [-0.2, -0.15) is 0 Å². The minimum absolute atomic E-state index is 0.937. The van der Waals surface area contributed by atoms with Gasteiger partial charge in [-0.1, -0.05) is 84.9 Å². The fraction of sp³-hybridized carbons (Fsp3) is 0. The summed E-state index contributed by atoms with van der Waals surface area (Å²) in [5.74, 6) is 0. The second-order valence-electron chi connectivity index (χ2n) is 8.78. The van der Waals surface area contributed by atoms with E-state index in [9.17, 15) is 0 Å². The zero-order valence-corrected chi connectivity index (χ0v) is 18.4. The minimum Gasteiger partial charge on any atom is -0.253 e. The van der Waals surface area contributed by atoms with Gasteiger partial charge in [0.15, 0.2) is 0 Å². The number of rotatable bonds is 2.